The van der Waals surface area contributed by atoms with Crippen LogP contribution in [0.5, 0.6) is 0 Å². The van der Waals surface area contributed by atoms with Gasteiger partial charge in [-0.25, -0.2) is 9.97 Å². The van der Waals surface area contributed by atoms with Crippen LogP contribution in [0.2, 0.25) is 0 Å². The van der Waals surface area contributed by atoms with Gasteiger partial charge in [0.05, 0.1) is 11.4 Å². The van der Waals surface area contributed by atoms with E-state index in [1.54, 1.807) is 12.4 Å². The molecule has 2 aromatic rings. The molecule has 0 saturated carbocycles. The van der Waals surface area contributed by atoms with E-state index in [1.165, 1.54) is 0 Å². The van der Waals surface area contributed by atoms with Gasteiger partial charge in [0.2, 0.25) is 0 Å². The van der Waals surface area contributed by atoms with Gasteiger partial charge < -0.3 is 0 Å². The van der Waals surface area contributed by atoms with Gasteiger partial charge in [-0.2, -0.15) is 0 Å². The summed E-state index contributed by atoms with van der Waals surface area (Å²) in [6.45, 7) is 0. The van der Waals surface area contributed by atoms with Gasteiger partial charge in [0.25, 0.3) is 0 Å². The van der Waals surface area contributed by atoms with Crippen LogP contribution in [0, 0.1) is 0 Å². The third-order valence-corrected chi connectivity index (χ3v) is 1.94. The van der Waals surface area contributed by atoms with Crippen LogP contribution in [0.3, 0.4) is 0 Å². The lowest BCUT2D eigenvalue weighted by atomic mass is 10.3. The molecule has 2 heterocycles. The highest BCUT2D eigenvalue weighted by molar-refractivity contribution is 9.10. The molecule has 13 heavy (non-hydrogen) atoms. The number of rotatable bonds is 1. The summed E-state index contributed by atoms with van der Waals surface area (Å²) in [4.78, 5) is 12.3. The number of nitrogens with zero attached hydrogens (tertiary/aromatic N) is 3. The normalized spacial score (nSPS) is 9.92. The highest BCUT2D eigenvalue weighted by Crippen LogP contribution is 2.13. The summed E-state index contributed by atoms with van der Waals surface area (Å²) < 4.78 is 0.579. The molecule has 0 fully saturated rings. The minimum atomic E-state index is 0.579. The van der Waals surface area contributed by atoms with Crippen molar-refractivity contribution in [3.63, 3.8) is 0 Å². The van der Waals surface area contributed by atoms with Gasteiger partial charge in [-0.3, -0.25) is 4.98 Å². The maximum Gasteiger partial charge on any atom is 0.197 e. The van der Waals surface area contributed by atoms with Gasteiger partial charge >= 0.3 is 0 Å². The van der Waals surface area contributed by atoms with E-state index in [2.05, 4.69) is 30.9 Å². The molecule has 0 aliphatic rings. The predicted molar refractivity (Wildman–Crippen MR) is 53.0 cm³/mol. The van der Waals surface area contributed by atoms with E-state index in [0.29, 0.717) is 4.73 Å². The van der Waals surface area contributed by atoms with Gasteiger partial charge in [0.15, 0.2) is 4.73 Å². The number of hydrogen-bond donors (Lipinski definition) is 0. The third kappa shape index (κ3) is 1.89. The zero-order valence-corrected chi connectivity index (χ0v) is 8.27. The van der Waals surface area contributed by atoms with Crippen molar-refractivity contribution in [2.24, 2.45) is 0 Å². The van der Waals surface area contributed by atoms with Gasteiger partial charge in [0.1, 0.15) is 0 Å². The molecular weight excluding hydrogens is 230 g/mol. The fourth-order valence-electron chi connectivity index (χ4n) is 0.992. The Labute approximate surface area is 84.0 Å². The monoisotopic (exact) mass is 235 g/mol. The lowest BCUT2D eigenvalue weighted by molar-refractivity contribution is 1.10. The second-order valence-corrected chi connectivity index (χ2v) is 3.14. The summed E-state index contributed by atoms with van der Waals surface area (Å²) >= 11 is 3.21. The zero-order valence-electron chi connectivity index (χ0n) is 6.68. The molecule has 64 valence electrons. The van der Waals surface area contributed by atoms with Crippen molar-refractivity contribution >= 4 is 15.9 Å². The molecular formula is C9H6BrN3. The Morgan fingerprint density at radius 3 is 2.54 bits per heavy atom. The molecule has 0 atom stereocenters. The standard InChI is InChI=1S/C9H6BrN3/c10-9-12-6-4-8(13-9)7-3-1-2-5-11-7/h1-6H. The Kier molecular flexibility index (Phi) is 2.31. The molecule has 0 spiro atoms. The average molecular weight is 236 g/mol. The first kappa shape index (κ1) is 8.31. The highest BCUT2D eigenvalue weighted by atomic mass is 79.9. The van der Waals surface area contributed by atoms with E-state index in [-0.39, 0.29) is 0 Å². The summed E-state index contributed by atoms with van der Waals surface area (Å²) in [5, 5.41) is 0. The molecule has 0 radical (unpaired) electrons. The quantitative estimate of drug-likeness (QED) is 0.713. The number of aromatic nitrogens is 3. The zero-order chi connectivity index (χ0) is 9.10. The summed E-state index contributed by atoms with van der Waals surface area (Å²) in [5.41, 5.74) is 1.67. The average Bonchev–Trinajstić information content (AvgIpc) is 2.19. The Hall–Kier alpha value is -1.29. The summed E-state index contributed by atoms with van der Waals surface area (Å²) in [5.74, 6) is 0. The van der Waals surface area contributed by atoms with Crippen LogP contribution < -0.4 is 0 Å². The van der Waals surface area contributed by atoms with Crippen molar-refractivity contribution in [2.75, 3.05) is 0 Å². The van der Waals surface area contributed by atoms with Crippen LogP contribution in [0.15, 0.2) is 41.4 Å². The van der Waals surface area contributed by atoms with E-state index in [1.807, 2.05) is 24.3 Å². The predicted octanol–water partition coefficient (Wildman–Crippen LogP) is 2.30. The van der Waals surface area contributed by atoms with E-state index in [9.17, 15) is 0 Å². The summed E-state index contributed by atoms with van der Waals surface area (Å²) in [6.07, 6.45) is 3.44. The number of hydrogen-bond acceptors (Lipinski definition) is 3. The van der Waals surface area contributed by atoms with Crippen LogP contribution >= 0.6 is 15.9 Å². The number of pyridine rings is 1. The van der Waals surface area contributed by atoms with Crippen LogP contribution in [-0.2, 0) is 0 Å². The van der Waals surface area contributed by atoms with Crippen molar-refractivity contribution in [2.45, 2.75) is 0 Å². The second-order valence-electron chi connectivity index (χ2n) is 2.43. The second kappa shape index (κ2) is 3.62. The molecule has 0 N–H and O–H groups in total. The van der Waals surface area contributed by atoms with E-state index < -0.39 is 0 Å². The Morgan fingerprint density at radius 1 is 0.923 bits per heavy atom. The first-order valence-corrected chi connectivity index (χ1v) is 4.55. The fraction of sp³-hybridized carbons (Fsp3) is 0. The third-order valence-electron chi connectivity index (χ3n) is 1.55. The van der Waals surface area contributed by atoms with E-state index in [0.717, 1.165) is 11.4 Å². The topological polar surface area (TPSA) is 38.7 Å². The molecule has 0 bridgehead atoms. The Morgan fingerprint density at radius 2 is 1.85 bits per heavy atom. The minimum Gasteiger partial charge on any atom is -0.255 e. The molecule has 0 aliphatic carbocycles. The van der Waals surface area contributed by atoms with Crippen molar-refractivity contribution in [1.29, 1.82) is 0 Å². The lowest BCUT2D eigenvalue weighted by Gasteiger charge is -1.97. The maximum absolute atomic E-state index is 4.19. The molecule has 4 heteroatoms. The first-order chi connectivity index (χ1) is 6.36. The van der Waals surface area contributed by atoms with Gasteiger partial charge in [-0.05, 0) is 34.1 Å². The van der Waals surface area contributed by atoms with Crippen molar-refractivity contribution in [3.8, 4) is 11.4 Å². The van der Waals surface area contributed by atoms with Crippen molar-refractivity contribution in [1.82, 2.24) is 15.0 Å². The van der Waals surface area contributed by atoms with E-state index in [4.69, 9.17) is 0 Å². The Bertz CT molecular complexity index is 403. The van der Waals surface area contributed by atoms with Crippen LogP contribution in [-0.4, -0.2) is 15.0 Å². The summed E-state index contributed by atoms with van der Waals surface area (Å²) in [7, 11) is 0. The molecule has 0 unspecified atom stereocenters. The van der Waals surface area contributed by atoms with Crippen LogP contribution in [0.1, 0.15) is 0 Å². The molecule has 0 aromatic carbocycles. The largest absolute Gasteiger partial charge is 0.255 e. The van der Waals surface area contributed by atoms with Crippen molar-refractivity contribution < 1.29 is 0 Å². The minimum absolute atomic E-state index is 0.579. The molecule has 2 rings (SSSR count). The van der Waals surface area contributed by atoms with Gasteiger partial charge in [-0.1, -0.05) is 6.07 Å². The number of halogens is 1. The Balaban J connectivity index is 2.48. The molecule has 0 aliphatic heterocycles. The SMILES string of the molecule is Brc1nccc(-c2ccccn2)n1. The molecule has 2 aromatic heterocycles. The van der Waals surface area contributed by atoms with Crippen LogP contribution in [0.4, 0.5) is 0 Å². The van der Waals surface area contributed by atoms with Crippen LogP contribution in [0.25, 0.3) is 11.4 Å². The molecule has 0 amide bonds. The van der Waals surface area contributed by atoms with Crippen molar-refractivity contribution in [3.05, 3.63) is 41.4 Å². The smallest absolute Gasteiger partial charge is 0.197 e. The van der Waals surface area contributed by atoms with Gasteiger partial charge in [0, 0.05) is 12.4 Å². The lowest BCUT2D eigenvalue weighted by Crippen LogP contribution is -1.88. The maximum atomic E-state index is 4.19. The van der Waals surface area contributed by atoms with Gasteiger partial charge in [-0.15, -0.1) is 0 Å². The molecule has 0 saturated heterocycles. The van der Waals surface area contributed by atoms with E-state index >= 15 is 0 Å². The highest BCUT2D eigenvalue weighted by Gasteiger charge is 1.99. The molecule has 3 nitrogen and oxygen atoms in total. The first-order valence-electron chi connectivity index (χ1n) is 3.76. The fourth-order valence-corrected chi connectivity index (χ4v) is 1.30. The summed E-state index contributed by atoms with van der Waals surface area (Å²) in [6, 6.07) is 7.54.